The number of pyridine rings is 2. The third kappa shape index (κ3) is 21.7. The number of ketones is 1. The van der Waals surface area contributed by atoms with E-state index < -0.39 is 5.82 Å². The van der Waals surface area contributed by atoms with Crippen LogP contribution >= 0.6 is 23.2 Å². The van der Waals surface area contributed by atoms with Gasteiger partial charge in [0.15, 0.2) is 5.82 Å². The lowest BCUT2D eigenvalue weighted by Gasteiger charge is -2.32. The molecule has 8 atom stereocenters. The number of hydrogen-bond donors (Lipinski definition) is 7. The minimum absolute atomic E-state index is 0. The van der Waals surface area contributed by atoms with E-state index in [-0.39, 0.29) is 114 Å². The van der Waals surface area contributed by atoms with Crippen molar-refractivity contribution in [2.45, 2.75) is 163 Å². The number of likely N-dealkylation sites (tertiary alicyclic amines) is 4. The van der Waals surface area contributed by atoms with E-state index in [1.165, 1.54) is 19.4 Å². The maximum atomic E-state index is 14.0. The first-order valence-electron chi connectivity index (χ1n) is 35.0. The Morgan fingerprint density at radius 3 is 1.62 bits per heavy atom. The molecule has 0 bridgehead atoms. The van der Waals surface area contributed by atoms with Crippen molar-refractivity contribution >= 4 is 70.3 Å². The number of aryl methyl sites for hydroxylation is 5. The molecule has 0 saturated carbocycles. The van der Waals surface area contributed by atoms with E-state index in [1.807, 2.05) is 65.2 Å². The van der Waals surface area contributed by atoms with Crippen molar-refractivity contribution in [1.29, 1.82) is 0 Å². The van der Waals surface area contributed by atoms with Crippen LogP contribution in [0.15, 0.2) is 137 Å². The van der Waals surface area contributed by atoms with Gasteiger partial charge < -0.3 is 35.6 Å². The van der Waals surface area contributed by atoms with Gasteiger partial charge in [0.2, 0.25) is 0 Å². The highest BCUT2D eigenvalue weighted by atomic mass is 35.5. The van der Waals surface area contributed by atoms with Crippen LogP contribution < -0.4 is 37.2 Å². The Morgan fingerprint density at radius 1 is 0.562 bits per heavy atom. The Hall–Kier alpha value is -9.24. The van der Waals surface area contributed by atoms with E-state index >= 15 is 0 Å². The number of nitrogens with zero attached hydrogens (tertiary/aromatic N) is 8. The predicted molar refractivity (Wildman–Crippen MR) is 404 cm³/mol. The quantitative estimate of drug-likeness (QED) is 0.0447. The van der Waals surface area contributed by atoms with Crippen molar-refractivity contribution < 1.29 is 46.2 Å². The molecule has 4 aliphatic rings. The number of benzene rings is 4. The molecule has 8 unspecified atom stereocenters. The largest absolute Gasteiger partial charge is 0.363 e. The third-order valence-corrected chi connectivity index (χ3v) is 20.1. The minimum atomic E-state index is -0.414. The van der Waals surface area contributed by atoms with E-state index in [2.05, 4.69) is 115 Å². The number of amides is 7. The molecule has 22 nitrogen and oxygen atoms in total. The molecule has 4 aromatic carbocycles. The summed E-state index contributed by atoms with van der Waals surface area (Å²) in [6.07, 6.45) is 8.82. The summed E-state index contributed by atoms with van der Waals surface area (Å²) in [5.41, 5.74) is 8.56. The van der Waals surface area contributed by atoms with Crippen molar-refractivity contribution in [2.24, 2.45) is 5.92 Å². The van der Waals surface area contributed by atoms with E-state index in [1.54, 1.807) is 93.0 Å². The fraction of sp³-hybridized carbons (Fsp3) is 0.423. The van der Waals surface area contributed by atoms with Gasteiger partial charge in [0.1, 0.15) is 46.8 Å². The molecule has 105 heavy (non-hydrogen) atoms. The molecule has 562 valence electrons. The molecule has 4 aliphatic heterocycles. The van der Waals surface area contributed by atoms with Gasteiger partial charge >= 0.3 is 18.1 Å². The zero-order valence-electron chi connectivity index (χ0n) is 60.8. The number of carbonyl (C=O) groups is 5. The fourth-order valence-electron chi connectivity index (χ4n) is 14.1. The second-order valence-electron chi connectivity index (χ2n) is 27.5. The molecule has 4 fully saturated rings. The van der Waals surface area contributed by atoms with Crippen molar-refractivity contribution in [3.8, 4) is 0 Å². The first kappa shape index (κ1) is 81.4. The summed E-state index contributed by atoms with van der Waals surface area (Å²) in [4.78, 5) is 78.7. The Morgan fingerprint density at radius 2 is 1.09 bits per heavy atom. The van der Waals surface area contributed by atoms with Crippen LogP contribution in [0, 0.1) is 58.0 Å². The van der Waals surface area contributed by atoms with Gasteiger partial charge in [-0.2, -0.15) is 0 Å². The highest BCUT2D eigenvalue weighted by Gasteiger charge is 2.41. The Bertz CT molecular complexity index is 4260. The molecule has 4 saturated heterocycles. The van der Waals surface area contributed by atoms with Gasteiger partial charge in [0.05, 0.1) is 53.4 Å². The number of anilines is 3. The average Bonchev–Trinajstić information content (AvgIpc) is 1.72. The molecule has 12 rings (SSSR count). The lowest BCUT2D eigenvalue weighted by molar-refractivity contribution is -0.119. The highest BCUT2D eigenvalue weighted by Crippen LogP contribution is 2.42. The second-order valence-corrected chi connectivity index (χ2v) is 28.4. The molecule has 8 heterocycles. The number of carbonyl (C=O) groups excluding carboxylic acids is 5. The molecule has 7 N–H and O–H groups in total. The summed E-state index contributed by atoms with van der Waals surface area (Å²) < 4.78 is 51.5. The SMILES string of the molecule is C.CNC(=O)c1cccc(NC(=O)NC2CCN(C(C)C)C2c2ccc(Cl)c(C)c2)n1.Cc1cc(CC(=O)CC2CCN(C(C)C)C2c2ccc(Cl)c(F)c2)no1.Cc1ccc(C2C(NC(=O)Nc3ccncc3C)CCN2C)cc1F.Cc1ccc(C2C(NC(=O)Nc3ccon3)CCN2C)cc1F. The number of Topliss-reactive ketones (excluding diaryl/α,β-unsaturated/α-hetero) is 1. The van der Waals surface area contributed by atoms with Crippen LogP contribution in [0.1, 0.15) is 158 Å². The van der Waals surface area contributed by atoms with Gasteiger partial charge in [-0.25, -0.2) is 32.5 Å². The fourth-order valence-corrected chi connectivity index (χ4v) is 14.3. The first-order chi connectivity index (χ1) is 49.6. The number of likely N-dealkylation sites (N-methyl/N-ethyl adjacent to an activating group) is 2. The normalized spacial score (nSPS) is 20.1. The predicted octanol–water partition coefficient (Wildman–Crippen LogP) is 15.2. The smallest absolute Gasteiger partial charge is 0.320 e. The van der Waals surface area contributed by atoms with Gasteiger partial charge in [-0.3, -0.25) is 44.8 Å². The topological polar surface area (TPSA) is 260 Å². The molecule has 0 aliphatic carbocycles. The lowest BCUT2D eigenvalue weighted by atomic mass is 9.88. The number of aromatic nitrogens is 4. The molecule has 0 spiro atoms. The van der Waals surface area contributed by atoms with Crippen LogP contribution in [-0.4, -0.2) is 147 Å². The van der Waals surface area contributed by atoms with Gasteiger partial charge in [0.25, 0.3) is 5.91 Å². The maximum Gasteiger partial charge on any atom is 0.320 e. The standard InChI is InChI=1S/C22H28ClN5O2.C20H24ClFN2O2.C19H23FN4O.C16H19FN4O2.CH4/c1-13(2)28-11-10-17(20(28)15-8-9-16(23)14(3)12-15)26-22(30)27-19-7-5-6-18(25-19)21(29)24-4;1-12(2)24-7-6-15(9-17(25)11-16-8-13(3)26-23-16)20(24)14-4-5-18(21)19(22)10-14;1-12-4-5-14(10-15(12)20)18-17(7-9-24(18)3)23-19(25)22-16-6-8-21-11-13(16)2;1-10-3-4-11(9-12(10)17)15-13(5-7-21(15)2)18-16(22)19-14-6-8-23-20-14;/h5-9,12-13,17,20H,10-11H2,1-4H3,(H,24,29)(H2,25,26,27,30);4-5,8,10,12,15,20H,6-7,9,11H2,1-3H3;4-6,8,10-11,17-18H,7,9H2,1-3H3,(H2,21,22,23,25);3-4,6,8-9,13,15H,5,7H2,1-2H3,(H2,18,19,20,22);1H4. The molecular formula is C78H98Cl2F3N15O7. The van der Waals surface area contributed by atoms with Gasteiger partial charge in [0, 0.05) is 86.5 Å². The van der Waals surface area contributed by atoms with Crippen LogP contribution in [-0.2, 0) is 11.2 Å². The Balaban J connectivity index is 0.000000177. The minimum Gasteiger partial charge on any atom is -0.363 e. The van der Waals surface area contributed by atoms with Crippen molar-refractivity contribution in [2.75, 3.05) is 63.3 Å². The average molecular weight is 1490 g/mol. The van der Waals surface area contributed by atoms with Crippen LogP contribution in [0.3, 0.4) is 0 Å². The molecule has 27 heteroatoms. The van der Waals surface area contributed by atoms with E-state index in [0.29, 0.717) is 52.7 Å². The summed E-state index contributed by atoms with van der Waals surface area (Å²) in [6.45, 7) is 21.2. The maximum absolute atomic E-state index is 14.0. The number of rotatable bonds is 17. The van der Waals surface area contributed by atoms with Crippen LogP contribution in [0.5, 0.6) is 0 Å². The van der Waals surface area contributed by atoms with Gasteiger partial charge in [-0.15, -0.1) is 0 Å². The monoisotopic (exact) mass is 1480 g/mol. The number of hydrogen-bond acceptors (Lipinski definition) is 15. The Labute approximate surface area is 623 Å². The third-order valence-electron chi connectivity index (χ3n) is 19.4. The van der Waals surface area contributed by atoms with Crippen molar-refractivity contribution in [1.82, 2.24) is 61.1 Å². The number of urea groups is 3. The zero-order chi connectivity index (χ0) is 75.1. The molecule has 7 amide bonds. The molecule has 4 aromatic heterocycles. The molecule has 0 radical (unpaired) electrons. The summed E-state index contributed by atoms with van der Waals surface area (Å²) in [5.74, 6) is 0.504. The van der Waals surface area contributed by atoms with Crippen LogP contribution in [0.25, 0.3) is 0 Å². The number of halogens is 5. The Kier molecular flexibility index (Phi) is 29.2. The molecule has 8 aromatic rings. The van der Waals surface area contributed by atoms with E-state index in [9.17, 15) is 37.1 Å². The van der Waals surface area contributed by atoms with Crippen LogP contribution in [0.2, 0.25) is 10.0 Å². The number of nitrogens with one attached hydrogen (secondary N) is 7. The van der Waals surface area contributed by atoms with Gasteiger partial charge in [-0.1, -0.05) is 89.5 Å². The summed E-state index contributed by atoms with van der Waals surface area (Å²) >= 11 is 12.1. The van der Waals surface area contributed by atoms with Crippen LogP contribution in [0.4, 0.5) is 44.9 Å². The first-order valence-corrected chi connectivity index (χ1v) is 35.7. The lowest BCUT2D eigenvalue weighted by Crippen LogP contribution is -2.43. The summed E-state index contributed by atoms with van der Waals surface area (Å²) in [6, 6.07) is 31.0. The summed E-state index contributed by atoms with van der Waals surface area (Å²) in [7, 11) is 5.50. The zero-order valence-corrected chi connectivity index (χ0v) is 62.3. The molecular weight excluding hydrogens is 1390 g/mol. The summed E-state index contributed by atoms with van der Waals surface area (Å²) in [5, 5.41) is 28.2. The van der Waals surface area contributed by atoms with Crippen molar-refractivity contribution in [3.63, 3.8) is 0 Å². The van der Waals surface area contributed by atoms with E-state index in [4.69, 9.17) is 27.7 Å². The van der Waals surface area contributed by atoms with E-state index in [0.717, 1.165) is 96.0 Å². The van der Waals surface area contributed by atoms with Crippen molar-refractivity contribution in [3.05, 3.63) is 217 Å². The van der Waals surface area contributed by atoms with Gasteiger partial charge in [-0.05, 0) is 208 Å². The highest BCUT2D eigenvalue weighted by molar-refractivity contribution is 6.31. The second kappa shape index (κ2) is 37.6.